The van der Waals surface area contributed by atoms with Gasteiger partial charge in [0, 0.05) is 18.3 Å². The standard InChI is InChI=1S/C18H23N3.2ClH/c19-10-9-15-3-6-17(7-4-15)18-8-5-16(13-20-18)14-21-11-1-2-12-21;;/h3-8,13H,1-2,9-12,14,19H2;2*1H. The van der Waals surface area contributed by atoms with Crippen molar-refractivity contribution in [3.05, 3.63) is 53.7 Å². The summed E-state index contributed by atoms with van der Waals surface area (Å²) in [4.78, 5) is 7.11. The fraction of sp³-hybridized carbons (Fsp3) is 0.389. The smallest absolute Gasteiger partial charge is 0.0702 e. The van der Waals surface area contributed by atoms with Gasteiger partial charge in [-0.1, -0.05) is 30.3 Å². The minimum Gasteiger partial charge on any atom is -0.330 e. The number of benzene rings is 1. The zero-order valence-electron chi connectivity index (χ0n) is 13.3. The highest BCUT2D eigenvalue weighted by Crippen LogP contribution is 2.19. The highest BCUT2D eigenvalue weighted by molar-refractivity contribution is 5.85. The van der Waals surface area contributed by atoms with Crippen LogP contribution in [0.2, 0.25) is 0 Å². The average Bonchev–Trinajstić information content (AvgIpc) is 3.02. The molecule has 0 atom stereocenters. The molecule has 0 spiro atoms. The Labute approximate surface area is 151 Å². The van der Waals surface area contributed by atoms with E-state index < -0.39 is 0 Å². The average molecular weight is 354 g/mol. The van der Waals surface area contributed by atoms with E-state index in [0.29, 0.717) is 6.54 Å². The van der Waals surface area contributed by atoms with Crippen LogP contribution in [0.25, 0.3) is 11.3 Å². The minimum atomic E-state index is 0. The summed E-state index contributed by atoms with van der Waals surface area (Å²) in [5.74, 6) is 0. The van der Waals surface area contributed by atoms with Crippen LogP contribution in [0, 0.1) is 0 Å². The van der Waals surface area contributed by atoms with Gasteiger partial charge in [0.05, 0.1) is 5.69 Å². The Kier molecular flexibility index (Phi) is 8.56. The van der Waals surface area contributed by atoms with Gasteiger partial charge in [-0.15, -0.1) is 24.8 Å². The number of nitrogens with two attached hydrogens (primary N) is 1. The van der Waals surface area contributed by atoms with Crippen LogP contribution in [-0.2, 0) is 13.0 Å². The van der Waals surface area contributed by atoms with Crippen LogP contribution in [0.4, 0.5) is 0 Å². The fourth-order valence-electron chi connectivity index (χ4n) is 2.90. The van der Waals surface area contributed by atoms with E-state index in [1.807, 2.05) is 6.20 Å². The highest BCUT2D eigenvalue weighted by Gasteiger charge is 2.11. The molecule has 1 aromatic carbocycles. The van der Waals surface area contributed by atoms with Gasteiger partial charge in [-0.2, -0.15) is 0 Å². The van der Waals surface area contributed by atoms with Crippen LogP contribution < -0.4 is 5.73 Å². The van der Waals surface area contributed by atoms with Crippen molar-refractivity contribution >= 4 is 24.8 Å². The summed E-state index contributed by atoms with van der Waals surface area (Å²) in [6.45, 7) is 4.18. The monoisotopic (exact) mass is 353 g/mol. The Morgan fingerprint density at radius 1 is 0.913 bits per heavy atom. The lowest BCUT2D eigenvalue weighted by Gasteiger charge is -2.14. The molecule has 2 heterocycles. The number of hydrogen-bond acceptors (Lipinski definition) is 3. The molecule has 2 N–H and O–H groups in total. The molecule has 1 aliphatic rings. The Hall–Kier alpha value is -1.13. The molecule has 3 nitrogen and oxygen atoms in total. The van der Waals surface area contributed by atoms with Crippen LogP contribution in [0.1, 0.15) is 24.0 Å². The molecule has 1 fully saturated rings. The predicted molar refractivity (Wildman–Crippen MR) is 101 cm³/mol. The lowest BCUT2D eigenvalue weighted by molar-refractivity contribution is 0.331. The highest BCUT2D eigenvalue weighted by atomic mass is 35.5. The molecule has 1 aliphatic heterocycles. The first-order valence-corrected chi connectivity index (χ1v) is 7.82. The first-order valence-electron chi connectivity index (χ1n) is 7.82. The van der Waals surface area contributed by atoms with Crippen molar-refractivity contribution in [3.63, 3.8) is 0 Å². The van der Waals surface area contributed by atoms with Crippen molar-refractivity contribution < 1.29 is 0 Å². The Morgan fingerprint density at radius 2 is 1.57 bits per heavy atom. The minimum absolute atomic E-state index is 0. The second-order valence-corrected chi connectivity index (χ2v) is 5.77. The van der Waals surface area contributed by atoms with Crippen LogP contribution in [0.5, 0.6) is 0 Å². The van der Waals surface area contributed by atoms with Gasteiger partial charge in [-0.05, 0) is 56.1 Å². The number of halogens is 2. The molecule has 0 unspecified atom stereocenters. The lowest BCUT2D eigenvalue weighted by atomic mass is 10.1. The number of likely N-dealkylation sites (tertiary alicyclic amines) is 1. The third-order valence-corrected chi connectivity index (χ3v) is 4.11. The summed E-state index contributed by atoms with van der Waals surface area (Å²) in [6, 6.07) is 12.9. The Bertz CT molecular complexity index is 564. The third kappa shape index (κ3) is 5.47. The molecule has 0 aliphatic carbocycles. The SMILES string of the molecule is Cl.Cl.NCCc1ccc(-c2ccc(CN3CCCC3)cn2)cc1. The topological polar surface area (TPSA) is 42.1 Å². The summed E-state index contributed by atoms with van der Waals surface area (Å²) in [7, 11) is 0. The summed E-state index contributed by atoms with van der Waals surface area (Å²) in [6.07, 6.45) is 5.62. The number of hydrogen-bond donors (Lipinski definition) is 1. The van der Waals surface area contributed by atoms with E-state index in [2.05, 4.69) is 46.3 Å². The van der Waals surface area contributed by atoms with Gasteiger partial charge in [0.1, 0.15) is 0 Å². The van der Waals surface area contributed by atoms with Crippen molar-refractivity contribution in [2.24, 2.45) is 5.73 Å². The zero-order valence-corrected chi connectivity index (χ0v) is 14.9. The second-order valence-electron chi connectivity index (χ2n) is 5.77. The maximum absolute atomic E-state index is 5.58. The summed E-state index contributed by atoms with van der Waals surface area (Å²) in [5.41, 5.74) is 10.4. The first-order chi connectivity index (χ1) is 10.3. The lowest BCUT2D eigenvalue weighted by Crippen LogP contribution is -2.18. The van der Waals surface area contributed by atoms with Crippen molar-refractivity contribution in [3.8, 4) is 11.3 Å². The molecule has 0 saturated carbocycles. The molecule has 5 heteroatoms. The molecule has 0 amide bonds. The predicted octanol–water partition coefficient (Wildman–Crippen LogP) is 3.69. The van der Waals surface area contributed by atoms with E-state index in [0.717, 1.165) is 18.7 Å². The van der Waals surface area contributed by atoms with Crippen LogP contribution >= 0.6 is 24.8 Å². The molecule has 126 valence electrons. The molecule has 23 heavy (non-hydrogen) atoms. The van der Waals surface area contributed by atoms with Gasteiger partial charge in [0.25, 0.3) is 0 Å². The van der Waals surface area contributed by atoms with E-state index in [1.165, 1.54) is 42.6 Å². The van der Waals surface area contributed by atoms with Crippen LogP contribution in [0.15, 0.2) is 42.6 Å². The Balaban J connectivity index is 0.00000132. The van der Waals surface area contributed by atoms with Crippen LogP contribution in [0.3, 0.4) is 0 Å². The van der Waals surface area contributed by atoms with Crippen LogP contribution in [-0.4, -0.2) is 29.5 Å². The fourth-order valence-corrected chi connectivity index (χ4v) is 2.90. The van der Waals surface area contributed by atoms with Crippen molar-refractivity contribution in [2.45, 2.75) is 25.8 Å². The molecular formula is C18H25Cl2N3. The largest absolute Gasteiger partial charge is 0.330 e. The van der Waals surface area contributed by atoms with Gasteiger partial charge < -0.3 is 5.73 Å². The molecule has 1 saturated heterocycles. The van der Waals surface area contributed by atoms with Gasteiger partial charge in [0.15, 0.2) is 0 Å². The molecule has 3 rings (SSSR count). The normalized spacial score (nSPS) is 14.1. The quantitative estimate of drug-likeness (QED) is 0.891. The summed E-state index contributed by atoms with van der Waals surface area (Å²) < 4.78 is 0. The number of pyridine rings is 1. The van der Waals surface area contributed by atoms with E-state index in [-0.39, 0.29) is 24.8 Å². The molecule has 0 bridgehead atoms. The number of aromatic nitrogens is 1. The van der Waals surface area contributed by atoms with Gasteiger partial charge >= 0.3 is 0 Å². The first kappa shape index (κ1) is 19.9. The number of rotatable bonds is 5. The van der Waals surface area contributed by atoms with Gasteiger partial charge in [0.2, 0.25) is 0 Å². The maximum Gasteiger partial charge on any atom is 0.0702 e. The second kappa shape index (κ2) is 9.89. The van der Waals surface area contributed by atoms with E-state index >= 15 is 0 Å². The maximum atomic E-state index is 5.58. The number of nitrogens with zero attached hydrogens (tertiary/aromatic N) is 2. The van der Waals surface area contributed by atoms with Crippen molar-refractivity contribution in [1.82, 2.24) is 9.88 Å². The summed E-state index contributed by atoms with van der Waals surface area (Å²) in [5, 5.41) is 0. The van der Waals surface area contributed by atoms with Crippen molar-refractivity contribution in [2.75, 3.05) is 19.6 Å². The van der Waals surface area contributed by atoms with E-state index in [4.69, 9.17) is 5.73 Å². The molecule has 1 aromatic heterocycles. The van der Waals surface area contributed by atoms with Gasteiger partial charge in [-0.25, -0.2) is 0 Å². The molecule has 2 aromatic rings. The zero-order chi connectivity index (χ0) is 14.5. The summed E-state index contributed by atoms with van der Waals surface area (Å²) >= 11 is 0. The Morgan fingerprint density at radius 3 is 2.13 bits per heavy atom. The van der Waals surface area contributed by atoms with E-state index in [9.17, 15) is 0 Å². The third-order valence-electron chi connectivity index (χ3n) is 4.11. The molecule has 0 radical (unpaired) electrons. The van der Waals surface area contributed by atoms with Crippen molar-refractivity contribution in [1.29, 1.82) is 0 Å². The molecular weight excluding hydrogens is 329 g/mol. The van der Waals surface area contributed by atoms with Gasteiger partial charge in [-0.3, -0.25) is 9.88 Å². The van der Waals surface area contributed by atoms with E-state index in [1.54, 1.807) is 0 Å².